The minimum Gasteiger partial charge on any atom is -0.481 e. The Bertz CT molecular complexity index is 1460. The molecule has 4 rings (SSSR count). The average molecular weight is 750 g/mol. The summed E-state index contributed by atoms with van der Waals surface area (Å²) in [7, 11) is 0. The molecule has 0 saturated heterocycles. The number of esters is 1. The standard InChI is InChI=1S/C27H34F2N2O11.C4H7NO5/c1-25-12-23(34)27(29)19(11-21(28)20-10-15(32)8-9-26(20,27)2)17(25)6-7-18(25)22(33)14-40-24(35)5-3-4-16(42-31(38)39)13-41-30(36)37;6-4(7)2-1-3-10-5(8)9/h8-10,16-19,21,23,34H,3-7,11-14H2,1-2H3;1-3H2,(H,6,7)/t16?,17?,18?,19?,21-,23?,25?,26?,27-;/m0./s1. The van der Waals surface area contributed by atoms with Crippen LogP contribution in [0.4, 0.5) is 8.78 Å². The molecule has 19 nitrogen and oxygen atoms in total. The smallest absolute Gasteiger partial charge is 0.306 e. The number of Topliss-reactive ketones (excluding diaryl/α,β-unsaturated/α-hetero) is 1. The summed E-state index contributed by atoms with van der Waals surface area (Å²) in [5.74, 6) is -4.61. The van der Waals surface area contributed by atoms with Crippen molar-refractivity contribution in [1.82, 2.24) is 0 Å². The zero-order valence-electron chi connectivity index (χ0n) is 28.4. The summed E-state index contributed by atoms with van der Waals surface area (Å²) in [6.07, 6.45) is -0.564. The van der Waals surface area contributed by atoms with Gasteiger partial charge in [-0.05, 0) is 80.9 Å². The van der Waals surface area contributed by atoms with Crippen LogP contribution in [0.5, 0.6) is 0 Å². The summed E-state index contributed by atoms with van der Waals surface area (Å²) in [5.41, 5.74) is -4.61. The van der Waals surface area contributed by atoms with Crippen LogP contribution >= 0.6 is 0 Å². The predicted molar refractivity (Wildman–Crippen MR) is 167 cm³/mol. The average Bonchev–Trinajstić information content (AvgIpc) is 3.39. The number of aliphatic hydroxyl groups excluding tert-OH is 1. The second-order valence-electron chi connectivity index (χ2n) is 13.6. The SMILES string of the molecule is CC12CC(O)[C@@]3(F)C(C[C@H](F)C4=CC(=O)C=CC43C)C1CCC2C(=O)COC(=O)CCCC(CO[N+](=O)[O-])O[N+](=O)[O-].O=C(O)CCCO[N+](=O)[O-]. The quantitative estimate of drug-likeness (QED) is 0.0935. The van der Waals surface area contributed by atoms with Crippen molar-refractivity contribution in [2.45, 2.75) is 95.7 Å². The molecule has 21 heteroatoms. The number of halogens is 2. The molecule has 3 saturated carbocycles. The lowest BCUT2D eigenvalue weighted by Crippen LogP contribution is -2.68. The molecular weight excluding hydrogens is 708 g/mol. The zero-order chi connectivity index (χ0) is 39.0. The minimum atomic E-state index is -2.24. The summed E-state index contributed by atoms with van der Waals surface area (Å²) >= 11 is 0. The van der Waals surface area contributed by atoms with Crippen LogP contribution in [-0.4, -0.2) is 92.8 Å². The monoisotopic (exact) mass is 749 g/mol. The fourth-order valence-corrected chi connectivity index (χ4v) is 8.32. The molecule has 0 aliphatic heterocycles. The van der Waals surface area contributed by atoms with Gasteiger partial charge >= 0.3 is 11.9 Å². The lowest BCUT2D eigenvalue weighted by Gasteiger charge is -2.62. The number of nitrogens with zero attached hydrogens (tertiary/aromatic N) is 3. The molecule has 3 fully saturated rings. The fourth-order valence-electron chi connectivity index (χ4n) is 8.32. The summed E-state index contributed by atoms with van der Waals surface area (Å²) in [6, 6.07) is 0. The lowest BCUT2D eigenvalue weighted by atomic mass is 9.45. The highest BCUT2D eigenvalue weighted by molar-refractivity contribution is 6.01. The fraction of sp³-hybridized carbons (Fsp3) is 0.742. The van der Waals surface area contributed by atoms with E-state index in [-0.39, 0.29) is 57.1 Å². The second kappa shape index (κ2) is 17.1. The number of rotatable bonds is 17. The Morgan fingerprint density at radius 3 is 2.31 bits per heavy atom. The number of hydrogen-bond acceptors (Lipinski definition) is 15. The normalized spacial score (nSPS) is 31.9. The van der Waals surface area contributed by atoms with E-state index < -0.39 is 105 Å². The summed E-state index contributed by atoms with van der Waals surface area (Å²) in [5, 5.41) is 46.5. The molecule has 4 aliphatic carbocycles. The number of fused-ring (bicyclic) bond motifs is 5. The maximum Gasteiger partial charge on any atom is 0.306 e. The molecule has 290 valence electrons. The van der Waals surface area contributed by atoms with Gasteiger partial charge in [-0.15, -0.1) is 30.3 Å². The first kappa shape index (κ1) is 41.6. The molecule has 52 heavy (non-hydrogen) atoms. The van der Waals surface area contributed by atoms with Crippen molar-refractivity contribution in [3.63, 3.8) is 0 Å². The number of carbonyl (C=O) groups excluding carboxylic acids is 3. The molecule has 0 bridgehead atoms. The highest BCUT2D eigenvalue weighted by atomic mass is 19.1. The zero-order valence-corrected chi connectivity index (χ0v) is 28.4. The van der Waals surface area contributed by atoms with Crippen LogP contribution in [0.15, 0.2) is 23.8 Å². The Hall–Kier alpha value is -4.82. The number of ketones is 2. The van der Waals surface area contributed by atoms with Gasteiger partial charge in [-0.25, -0.2) is 8.78 Å². The molecule has 0 spiro atoms. The van der Waals surface area contributed by atoms with Crippen LogP contribution in [0.2, 0.25) is 0 Å². The minimum absolute atomic E-state index is 0.00191. The lowest BCUT2D eigenvalue weighted by molar-refractivity contribution is -0.790. The van der Waals surface area contributed by atoms with Crippen LogP contribution in [-0.2, 0) is 38.4 Å². The topological polar surface area (TPSA) is 275 Å². The van der Waals surface area contributed by atoms with E-state index in [2.05, 4.69) is 14.5 Å². The van der Waals surface area contributed by atoms with Crippen molar-refractivity contribution >= 4 is 23.5 Å². The molecular formula is C31H41F2N3O16. The van der Waals surface area contributed by atoms with Gasteiger partial charge in [-0.3, -0.25) is 19.2 Å². The molecule has 9 atom stereocenters. The number of carbonyl (C=O) groups is 4. The molecule has 4 aliphatic rings. The van der Waals surface area contributed by atoms with Crippen molar-refractivity contribution in [2.24, 2.45) is 28.6 Å². The molecule has 0 aromatic rings. The highest BCUT2D eigenvalue weighted by Gasteiger charge is 2.72. The molecule has 0 amide bonds. The van der Waals surface area contributed by atoms with E-state index in [0.29, 0.717) is 12.8 Å². The number of carboxylic acids is 1. The third kappa shape index (κ3) is 9.34. The molecule has 0 aromatic carbocycles. The molecule has 0 heterocycles. The van der Waals surface area contributed by atoms with Crippen LogP contribution in [0.25, 0.3) is 0 Å². The number of carboxylic acid groups (broad SMARTS) is 1. The Balaban J connectivity index is 0.000000636. The van der Waals surface area contributed by atoms with Crippen molar-refractivity contribution in [2.75, 3.05) is 19.8 Å². The first-order valence-corrected chi connectivity index (χ1v) is 16.5. The Kier molecular flexibility index (Phi) is 13.7. The first-order chi connectivity index (χ1) is 24.3. The van der Waals surface area contributed by atoms with Crippen molar-refractivity contribution in [1.29, 1.82) is 0 Å². The van der Waals surface area contributed by atoms with Gasteiger partial charge in [0.05, 0.1) is 12.7 Å². The summed E-state index contributed by atoms with van der Waals surface area (Å²) < 4.78 is 37.7. The van der Waals surface area contributed by atoms with Gasteiger partial charge in [0, 0.05) is 30.1 Å². The van der Waals surface area contributed by atoms with E-state index in [9.17, 15) is 54.6 Å². The predicted octanol–water partition coefficient (Wildman–Crippen LogP) is 3.05. The van der Waals surface area contributed by atoms with E-state index in [1.807, 2.05) is 0 Å². The summed E-state index contributed by atoms with van der Waals surface area (Å²) in [6.45, 7) is 1.85. The Labute approximate surface area is 294 Å². The van der Waals surface area contributed by atoms with Gasteiger partial charge < -0.3 is 29.5 Å². The van der Waals surface area contributed by atoms with E-state index >= 15 is 8.78 Å². The number of aliphatic carboxylic acids is 1. The van der Waals surface area contributed by atoms with Crippen molar-refractivity contribution < 1.29 is 72.7 Å². The Morgan fingerprint density at radius 2 is 1.69 bits per heavy atom. The highest BCUT2D eigenvalue weighted by Crippen LogP contribution is 2.69. The number of allylic oxidation sites excluding steroid dienone is 4. The number of aliphatic hydroxyl groups is 1. The molecule has 0 aromatic heterocycles. The van der Waals surface area contributed by atoms with Crippen molar-refractivity contribution in [3.05, 3.63) is 54.1 Å². The largest absolute Gasteiger partial charge is 0.481 e. The second-order valence-corrected chi connectivity index (χ2v) is 13.6. The van der Waals surface area contributed by atoms with Crippen LogP contribution < -0.4 is 0 Å². The van der Waals surface area contributed by atoms with Gasteiger partial charge in [0.15, 0.2) is 17.2 Å². The van der Waals surface area contributed by atoms with E-state index in [4.69, 9.17) is 9.84 Å². The first-order valence-electron chi connectivity index (χ1n) is 16.5. The van der Waals surface area contributed by atoms with Gasteiger partial charge in [-0.2, -0.15) is 0 Å². The van der Waals surface area contributed by atoms with Crippen molar-refractivity contribution in [3.8, 4) is 0 Å². The van der Waals surface area contributed by atoms with Gasteiger partial charge in [0.2, 0.25) is 0 Å². The number of hydrogen-bond donors (Lipinski definition) is 2. The van der Waals surface area contributed by atoms with E-state index in [1.165, 1.54) is 19.1 Å². The van der Waals surface area contributed by atoms with Crippen LogP contribution in [0, 0.1) is 58.9 Å². The van der Waals surface area contributed by atoms with Crippen LogP contribution in [0.3, 0.4) is 0 Å². The van der Waals surface area contributed by atoms with Gasteiger partial charge in [0.1, 0.15) is 25.5 Å². The Morgan fingerprint density at radius 1 is 1.02 bits per heavy atom. The molecule has 7 unspecified atom stereocenters. The third-order valence-corrected chi connectivity index (χ3v) is 10.6. The third-order valence-electron chi connectivity index (χ3n) is 10.6. The number of ether oxygens (including phenoxy) is 1. The van der Waals surface area contributed by atoms with Gasteiger partial charge in [-0.1, -0.05) is 13.0 Å². The van der Waals surface area contributed by atoms with E-state index in [0.717, 1.165) is 6.08 Å². The molecule has 2 N–H and O–H groups in total. The van der Waals surface area contributed by atoms with Gasteiger partial charge in [0.25, 0.3) is 15.3 Å². The number of alkyl halides is 2. The van der Waals surface area contributed by atoms with E-state index in [1.54, 1.807) is 6.92 Å². The maximum atomic E-state index is 17.1. The summed E-state index contributed by atoms with van der Waals surface area (Å²) in [4.78, 5) is 89.9. The maximum absolute atomic E-state index is 17.1. The van der Waals surface area contributed by atoms with Crippen LogP contribution in [0.1, 0.15) is 71.6 Å². The molecule has 0 radical (unpaired) electrons.